The van der Waals surface area contributed by atoms with Gasteiger partial charge < -0.3 is 15.1 Å². The SMILES string of the molecule is C[C@H]1C[C@@H]1c1ccc(CN(c2ncc([N+](=O)[O-])c(N)n2)C2CC2)o1. The fourth-order valence-electron chi connectivity index (χ4n) is 2.97. The highest BCUT2D eigenvalue weighted by Gasteiger charge is 2.37. The van der Waals surface area contributed by atoms with E-state index in [0.717, 1.165) is 24.4 Å². The molecule has 4 rings (SSSR count). The lowest BCUT2D eigenvalue weighted by molar-refractivity contribution is -0.384. The number of hydrogen-bond acceptors (Lipinski definition) is 7. The molecule has 0 unspecified atom stereocenters. The Morgan fingerprint density at radius 3 is 2.79 bits per heavy atom. The summed E-state index contributed by atoms with van der Waals surface area (Å²) >= 11 is 0. The van der Waals surface area contributed by atoms with Crippen LogP contribution in [0.3, 0.4) is 0 Å². The summed E-state index contributed by atoms with van der Waals surface area (Å²) in [4.78, 5) is 20.6. The summed E-state index contributed by atoms with van der Waals surface area (Å²) in [6, 6.07) is 4.36. The number of nitrogen functional groups attached to an aromatic ring is 1. The molecule has 2 heterocycles. The van der Waals surface area contributed by atoms with Gasteiger partial charge >= 0.3 is 5.69 Å². The van der Waals surface area contributed by atoms with E-state index in [1.807, 2.05) is 17.0 Å². The van der Waals surface area contributed by atoms with Crippen molar-refractivity contribution in [2.75, 3.05) is 10.6 Å². The van der Waals surface area contributed by atoms with Gasteiger partial charge in [-0.3, -0.25) is 10.1 Å². The van der Waals surface area contributed by atoms with Crippen molar-refractivity contribution in [3.8, 4) is 0 Å². The first-order valence-corrected chi connectivity index (χ1v) is 8.15. The van der Waals surface area contributed by atoms with Crippen LogP contribution in [0.25, 0.3) is 0 Å². The van der Waals surface area contributed by atoms with E-state index in [9.17, 15) is 10.1 Å². The molecule has 2 atom stereocenters. The molecule has 2 aliphatic carbocycles. The zero-order chi connectivity index (χ0) is 16.8. The van der Waals surface area contributed by atoms with Crippen LogP contribution in [0.2, 0.25) is 0 Å². The number of nitrogens with two attached hydrogens (primary N) is 1. The number of furan rings is 1. The molecule has 2 fully saturated rings. The minimum absolute atomic E-state index is 0.109. The summed E-state index contributed by atoms with van der Waals surface area (Å²) in [5.74, 6) is 3.44. The highest BCUT2D eigenvalue weighted by Crippen LogP contribution is 2.47. The van der Waals surface area contributed by atoms with Gasteiger partial charge in [-0.15, -0.1) is 0 Å². The molecule has 0 aliphatic heterocycles. The lowest BCUT2D eigenvalue weighted by atomic mass is 10.3. The summed E-state index contributed by atoms with van der Waals surface area (Å²) in [5.41, 5.74) is 5.43. The van der Waals surface area contributed by atoms with Crippen LogP contribution in [0.1, 0.15) is 43.6 Å². The highest BCUT2D eigenvalue weighted by atomic mass is 16.6. The summed E-state index contributed by atoms with van der Waals surface area (Å²) in [7, 11) is 0. The Kier molecular flexibility index (Phi) is 3.40. The third-order valence-electron chi connectivity index (χ3n) is 4.71. The molecule has 0 bridgehead atoms. The van der Waals surface area contributed by atoms with E-state index in [1.165, 1.54) is 12.6 Å². The fraction of sp³-hybridized carbons (Fsp3) is 0.500. The molecule has 2 aliphatic rings. The molecule has 0 spiro atoms. The number of nitrogens with zero attached hydrogens (tertiary/aromatic N) is 4. The van der Waals surface area contributed by atoms with Gasteiger partial charge in [0, 0.05) is 12.0 Å². The molecule has 2 aromatic rings. The highest BCUT2D eigenvalue weighted by molar-refractivity contribution is 5.54. The first-order valence-electron chi connectivity index (χ1n) is 8.15. The predicted octanol–water partition coefficient (Wildman–Crippen LogP) is 2.85. The van der Waals surface area contributed by atoms with E-state index in [-0.39, 0.29) is 11.5 Å². The summed E-state index contributed by atoms with van der Waals surface area (Å²) in [6.07, 6.45) is 4.45. The Bertz CT molecular complexity index is 786. The van der Waals surface area contributed by atoms with Crippen LogP contribution in [0.4, 0.5) is 17.5 Å². The minimum atomic E-state index is -0.573. The average molecular weight is 329 g/mol. The largest absolute Gasteiger partial charge is 0.464 e. The van der Waals surface area contributed by atoms with Gasteiger partial charge in [-0.1, -0.05) is 6.92 Å². The molecule has 0 saturated heterocycles. The Balaban J connectivity index is 1.55. The zero-order valence-corrected chi connectivity index (χ0v) is 13.4. The molecule has 8 nitrogen and oxygen atoms in total. The average Bonchev–Trinajstić information content (AvgIpc) is 3.45. The Morgan fingerprint density at radius 1 is 1.46 bits per heavy atom. The van der Waals surface area contributed by atoms with Crippen molar-refractivity contribution < 1.29 is 9.34 Å². The van der Waals surface area contributed by atoms with Crippen molar-refractivity contribution in [1.29, 1.82) is 0 Å². The second-order valence-electron chi connectivity index (χ2n) is 6.68. The molecular formula is C16H19N5O3. The second-order valence-corrected chi connectivity index (χ2v) is 6.68. The monoisotopic (exact) mass is 329 g/mol. The Morgan fingerprint density at radius 2 is 2.21 bits per heavy atom. The first-order chi connectivity index (χ1) is 11.5. The van der Waals surface area contributed by atoms with E-state index >= 15 is 0 Å². The van der Waals surface area contributed by atoms with Gasteiger partial charge in [0.05, 0.1) is 11.5 Å². The molecule has 2 saturated carbocycles. The van der Waals surface area contributed by atoms with Crippen LogP contribution in [-0.2, 0) is 6.54 Å². The number of hydrogen-bond donors (Lipinski definition) is 1. The van der Waals surface area contributed by atoms with E-state index in [4.69, 9.17) is 10.2 Å². The smallest absolute Gasteiger partial charge is 0.329 e. The van der Waals surface area contributed by atoms with Gasteiger partial charge in [-0.25, -0.2) is 4.98 Å². The van der Waals surface area contributed by atoms with Crippen LogP contribution in [0, 0.1) is 16.0 Å². The lowest BCUT2D eigenvalue weighted by Crippen LogP contribution is -2.27. The summed E-state index contributed by atoms with van der Waals surface area (Å²) in [5, 5.41) is 10.9. The van der Waals surface area contributed by atoms with Crippen molar-refractivity contribution in [3.05, 3.63) is 40.0 Å². The maximum Gasteiger partial charge on any atom is 0.329 e. The Labute approximate surface area is 138 Å². The third kappa shape index (κ3) is 2.79. The van der Waals surface area contributed by atoms with Crippen LogP contribution in [0.15, 0.2) is 22.7 Å². The van der Waals surface area contributed by atoms with E-state index in [2.05, 4.69) is 16.9 Å². The van der Waals surface area contributed by atoms with Gasteiger partial charge in [-0.05, 0) is 37.3 Å². The van der Waals surface area contributed by atoms with Crippen LogP contribution in [-0.4, -0.2) is 20.9 Å². The van der Waals surface area contributed by atoms with E-state index in [1.54, 1.807) is 0 Å². The fourth-order valence-corrected chi connectivity index (χ4v) is 2.97. The second kappa shape index (κ2) is 5.47. The number of nitro groups is 1. The third-order valence-corrected chi connectivity index (χ3v) is 4.71. The van der Waals surface area contributed by atoms with E-state index in [0.29, 0.717) is 30.4 Å². The molecule has 0 radical (unpaired) electrons. The minimum Gasteiger partial charge on any atom is -0.464 e. The van der Waals surface area contributed by atoms with Crippen LogP contribution in [0.5, 0.6) is 0 Å². The molecule has 2 aromatic heterocycles. The van der Waals surface area contributed by atoms with Crippen LogP contribution >= 0.6 is 0 Å². The molecule has 0 amide bonds. The van der Waals surface area contributed by atoms with Gasteiger partial charge in [0.15, 0.2) is 0 Å². The summed E-state index contributed by atoms with van der Waals surface area (Å²) in [6.45, 7) is 2.76. The summed E-state index contributed by atoms with van der Waals surface area (Å²) < 4.78 is 5.96. The van der Waals surface area contributed by atoms with Gasteiger partial charge in [0.1, 0.15) is 17.7 Å². The van der Waals surface area contributed by atoms with Crippen molar-refractivity contribution in [3.63, 3.8) is 0 Å². The normalized spacial score (nSPS) is 22.4. The molecule has 24 heavy (non-hydrogen) atoms. The van der Waals surface area contributed by atoms with Crippen molar-refractivity contribution in [2.45, 2.75) is 44.7 Å². The van der Waals surface area contributed by atoms with Crippen molar-refractivity contribution in [2.24, 2.45) is 5.92 Å². The lowest BCUT2D eigenvalue weighted by Gasteiger charge is -2.21. The molecule has 0 aromatic carbocycles. The van der Waals surface area contributed by atoms with Crippen molar-refractivity contribution >= 4 is 17.5 Å². The topological polar surface area (TPSA) is 111 Å². The first kappa shape index (κ1) is 14.9. The predicted molar refractivity (Wildman–Crippen MR) is 87.5 cm³/mol. The van der Waals surface area contributed by atoms with Gasteiger partial charge in [-0.2, -0.15) is 4.98 Å². The quantitative estimate of drug-likeness (QED) is 0.640. The molecule has 2 N–H and O–H groups in total. The molecular weight excluding hydrogens is 310 g/mol. The molecule has 126 valence electrons. The Hall–Kier alpha value is -2.64. The molecule has 8 heteroatoms. The number of aromatic nitrogens is 2. The van der Waals surface area contributed by atoms with Gasteiger partial charge in [0.25, 0.3) is 0 Å². The zero-order valence-electron chi connectivity index (χ0n) is 13.4. The number of rotatable bonds is 6. The standard InChI is InChI=1S/C16H19N5O3/c1-9-6-12(9)14-5-4-11(24-14)8-20(10-2-3-10)16-18-7-13(21(22)23)15(17)19-16/h4-5,7,9-10,12H,2-3,6,8H2,1H3,(H2,17,18,19)/t9-,12-/m0/s1. The maximum atomic E-state index is 10.9. The maximum absolute atomic E-state index is 10.9. The number of anilines is 2. The van der Waals surface area contributed by atoms with Gasteiger partial charge in [0.2, 0.25) is 11.8 Å². The van der Waals surface area contributed by atoms with Crippen LogP contribution < -0.4 is 10.6 Å². The van der Waals surface area contributed by atoms with Crippen molar-refractivity contribution in [1.82, 2.24) is 9.97 Å². The van der Waals surface area contributed by atoms with E-state index < -0.39 is 4.92 Å².